The lowest BCUT2D eigenvalue weighted by molar-refractivity contribution is -0.0925. The van der Waals surface area contributed by atoms with Crippen molar-refractivity contribution in [1.82, 2.24) is 24.8 Å². The number of anilines is 2. The maximum Gasteiger partial charge on any atom is 0.274 e. The Bertz CT molecular complexity index is 1460. The minimum absolute atomic E-state index is 0.212. The normalized spacial score (nSPS) is 15.8. The highest BCUT2D eigenvalue weighted by Gasteiger charge is 2.48. The topological polar surface area (TPSA) is 101 Å². The second-order valence-electron chi connectivity index (χ2n) is 9.89. The fourth-order valence-electron chi connectivity index (χ4n) is 4.60. The molecule has 0 saturated heterocycles. The molecule has 4 aromatic rings. The van der Waals surface area contributed by atoms with Crippen molar-refractivity contribution in [2.45, 2.75) is 51.5 Å². The third-order valence-electron chi connectivity index (χ3n) is 7.08. The van der Waals surface area contributed by atoms with E-state index in [1.807, 2.05) is 38.4 Å². The molecule has 1 aliphatic rings. The molecular formula is C27H31F2N7O2. The van der Waals surface area contributed by atoms with Crippen LogP contribution in [-0.4, -0.2) is 57.5 Å². The summed E-state index contributed by atoms with van der Waals surface area (Å²) in [4.78, 5) is 24.3. The fourth-order valence-corrected chi connectivity index (χ4v) is 4.60. The monoisotopic (exact) mass is 523 g/mol. The first-order valence-electron chi connectivity index (χ1n) is 12.7. The van der Waals surface area contributed by atoms with Gasteiger partial charge in [0, 0.05) is 55.3 Å². The summed E-state index contributed by atoms with van der Waals surface area (Å²) in [7, 11) is 1.93. The van der Waals surface area contributed by atoms with Crippen molar-refractivity contribution in [3.05, 3.63) is 59.9 Å². The first-order valence-corrected chi connectivity index (χ1v) is 12.7. The number of nitrogens with zero attached hydrogens (tertiary/aromatic N) is 5. The Morgan fingerprint density at radius 2 is 2.08 bits per heavy atom. The molecular weight excluding hydrogens is 492 g/mol. The predicted molar refractivity (Wildman–Crippen MR) is 141 cm³/mol. The molecule has 1 fully saturated rings. The van der Waals surface area contributed by atoms with Crippen molar-refractivity contribution >= 4 is 22.9 Å². The van der Waals surface area contributed by atoms with Gasteiger partial charge in [0.2, 0.25) is 17.6 Å². The quantitative estimate of drug-likeness (QED) is 0.322. The Morgan fingerprint density at radius 3 is 2.79 bits per heavy atom. The molecule has 2 N–H and O–H groups in total. The number of alkyl halides is 2. The van der Waals surface area contributed by atoms with Crippen molar-refractivity contribution in [2.75, 3.05) is 30.4 Å². The molecule has 200 valence electrons. The lowest BCUT2D eigenvalue weighted by atomic mass is 9.81. The summed E-state index contributed by atoms with van der Waals surface area (Å²) in [6.45, 7) is 7.74. The Hall–Kier alpha value is -3.86. The number of aryl methyl sites for hydroxylation is 1. The predicted octanol–water partition coefficient (Wildman–Crippen LogP) is 4.89. The van der Waals surface area contributed by atoms with Crippen molar-refractivity contribution in [1.29, 1.82) is 0 Å². The summed E-state index contributed by atoms with van der Waals surface area (Å²) in [5.74, 6) is -2.91. The zero-order chi connectivity index (χ0) is 27.0. The number of pyridine rings is 1. The van der Waals surface area contributed by atoms with E-state index < -0.39 is 11.8 Å². The minimum Gasteiger partial charge on any atom is -0.369 e. The first-order chi connectivity index (χ1) is 18.2. The molecule has 0 radical (unpaired) electrons. The Balaban J connectivity index is 1.37. The van der Waals surface area contributed by atoms with Crippen LogP contribution in [0.1, 0.15) is 54.5 Å². The molecule has 3 heterocycles. The van der Waals surface area contributed by atoms with Crippen molar-refractivity contribution in [3.8, 4) is 11.4 Å². The number of amides is 1. The number of fused-ring (bicyclic) bond motifs is 1. The molecule has 1 unspecified atom stereocenters. The number of carbonyl (C=O) groups excluding carboxylic acids is 1. The van der Waals surface area contributed by atoms with Gasteiger partial charge in [-0.05, 0) is 51.6 Å². The highest BCUT2D eigenvalue weighted by atomic mass is 19.3. The van der Waals surface area contributed by atoms with Gasteiger partial charge in [-0.25, -0.2) is 13.8 Å². The largest absolute Gasteiger partial charge is 0.369 e. The Labute approximate surface area is 219 Å². The number of likely N-dealkylation sites (N-methyl/N-ethyl adjacent to an activating group) is 2. The second-order valence-corrected chi connectivity index (χ2v) is 9.89. The Morgan fingerprint density at radius 1 is 1.29 bits per heavy atom. The average molecular weight is 524 g/mol. The van der Waals surface area contributed by atoms with Crippen molar-refractivity contribution in [2.24, 2.45) is 0 Å². The van der Waals surface area contributed by atoms with E-state index in [0.717, 1.165) is 24.3 Å². The van der Waals surface area contributed by atoms with E-state index in [2.05, 4.69) is 44.5 Å². The lowest BCUT2D eigenvalue weighted by Gasteiger charge is -2.31. The molecule has 1 aliphatic carbocycles. The SMILES string of the molecule is CCN(CC(C)NC)c1ccc2ncc(C(=O)Nc3cc(-c4noc(C5CC(F)(F)C5)n4)ccc3C)n2c1. The van der Waals surface area contributed by atoms with Crippen molar-refractivity contribution < 1.29 is 18.1 Å². The number of nitrogens with one attached hydrogen (secondary N) is 2. The zero-order valence-electron chi connectivity index (χ0n) is 21.8. The molecule has 1 aromatic carbocycles. The van der Waals surface area contributed by atoms with E-state index in [1.54, 1.807) is 22.7 Å². The van der Waals surface area contributed by atoms with Crippen LogP contribution in [0.4, 0.5) is 20.2 Å². The van der Waals surface area contributed by atoms with Crippen LogP contribution in [0.15, 0.2) is 47.2 Å². The van der Waals surface area contributed by atoms with Crippen LogP contribution >= 0.6 is 0 Å². The van der Waals surface area contributed by atoms with Gasteiger partial charge in [-0.3, -0.25) is 9.20 Å². The molecule has 0 aliphatic heterocycles. The molecule has 1 saturated carbocycles. The van der Waals surface area contributed by atoms with E-state index >= 15 is 0 Å². The summed E-state index contributed by atoms with van der Waals surface area (Å²) in [5, 5.41) is 10.2. The molecule has 1 amide bonds. The first kappa shape index (κ1) is 25.8. The van der Waals surface area contributed by atoms with Gasteiger partial charge in [0.1, 0.15) is 11.3 Å². The number of imidazole rings is 1. The highest BCUT2D eigenvalue weighted by Crippen LogP contribution is 2.48. The van der Waals surface area contributed by atoms with Crippen LogP contribution in [0.2, 0.25) is 0 Å². The average Bonchev–Trinajstić information content (AvgIpc) is 3.54. The number of halogens is 2. The van der Waals surface area contributed by atoms with E-state index in [-0.39, 0.29) is 24.6 Å². The number of hydrogen-bond donors (Lipinski definition) is 2. The van der Waals surface area contributed by atoms with E-state index in [0.29, 0.717) is 34.5 Å². The number of carbonyl (C=O) groups is 1. The highest BCUT2D eigenvalue weighted by molar-refractivity contribution is 6.04. The number of rotatable bonds is 9. The third kappa shape index (κ3) is 5.10. The molecule has 38 heavy (non-hydrogen) atoms. The Kier molecular flexibility index (Phi) is 6.87. The molecule has 0 spiro atoms. The van der Waals surface area contributed by atoms with Gasteiger partial charge in [-0.2, -0.15) is 4.98 Å². The summed E-state index contributed by atoms with van der Waals surface area (Å²) < 4.78 is 33.5. The molecule has 9 nitrogen and oxygen atoms in total. The summed E-state index contributed by atoms with van der Waals surface area (Å²) >= 11 is 0. The summed E-state index contributed by atoms with van der Waals surface area (Å²) in [5.41, 5.74) is 4.10. The van der Waals surface area contributed by atoms with Gasteiger partial charge in [0.25, 0.3) is 5.91 Å². The van der Waals surface area contributed by atoms with Crippen LogP contribution < -0.4 is 15.5 Å². The van der Waals surface area contributed by atoms with Gasteiger partial charge in [0.05, 0.1) is 11.9 Å². The van der Waals surface area contributed by atoms with Gasteiger partial charge < -0.3 is 20.1 Å². The molecule has 1 atom stereocenters. The van der Waals surface area contributed by atoms with Crippen LogP contribution in [0, 0.1) is 6.92 Å². The standard InChI is InChI=1S/C27H31F2N7O2/c1-5-35(14-17(3)30-4)20-8-9-23-31-13-22(36(23)15-20)25(37)32-21-10-18(7-6-16(21)2)24-33-26(38-34-24)19-11-27(28,29)12-19/h6-10,13,15,17,19,30H,5,11-12,14H2,1-4H3,(H,32,37). The molecule has 11 heteroatoms. The van der Waals surface area contributed by atoms with E-state index in [4.69, 9.17) is 4.52 Å². The van der Waals surface area contributed by atoms with Crippen molar-refractivity contribution in [3.63, 3.8) is 0 Å². The van der Waals surface area contributed by atoms with Gasteiger partial charge >= 0.3 is 0 Å². The number of aromatic nitrogens is 4. The fraction of sp³-hybridized carbons (Fsp3) is 0.407. The van der Waals surface area contributed by atoms with Gasteiger partial charge in [-0.1, -0.05) is 17.3 Å². The van der Waals surface area contributed by atoms with Crippen LogP contribution in [0.5, 0.6) is 0 Å². The third-order valence-corrected chi connectivity index (χ3v) is 7.08. The van der Waals surface area contributed by atoms with Crippen LogP contribution in [0.25, 0.3) is 17.0 Å². The zero-order valence-corrected chi connectivity index (χ0v) is 21.8. The smallest absolute Gasteiger partial charge is 0.274 e. The number of benzene rings is 1. The van der Waals surface area contributed by atoms with Gasteiger partial charge in [-0.15, -0.1) is 0 Å². The minimum atomic E-state index is -2.67. The van der Waals surface area contributed by atoms with E-state index in [9.17, 15) is 13.6 Å². The maximum absolute atomic E-state index is 13.3. The molecule has 3 aromatic heterocycles. The maximum atomic E-state index is 13.3. The van der Waals surface area contributed by atoms with Crippen LogP contribution in [0.3, 0.4) is 0 Å². The van der Waals surface area contributed by atoms with E-state index in [1.165, 1.54) is 0 Å². The lowest BCUT2D eigenvalue weighted by Crippen LogP contribution is -2.37. The van der Waals surface area contributed by atoms with Gasteiger partial charge in [0.15, 0.2) is 0 Å². The summed E-state index contributed by atoms with van der Waals surface area (Å²) in [6.07, 6.45) is 2.92. The van der Waals surface area contributed by atoms with Crippen LogP contribution in [-0.2, 0) is 0 Å². The molecule has 5 rings (SSSR count). The number of hydrogen-bond acceptors (Lipinski definition) is 7. The molecule has 0 bridgehead atoms. The second kappa shape index (κ2) is 10.1. The summed E-state index contributed by atoms with van der Waals surface area (Å²) in [6, 6.07) is 9.61.